The molecule has 0 saturated carbocycles. The molecule has 0 aromatic heterocycles. The Kier molecular flexibility index (Phi) is 20.0. The SMILES string of the molecule is [Fe].[K].[K].c1ccc(Pc2ccccc2)cc1.c1ccc(Pc2ccccc2)cc1. The topological polar surface area (TPSA) is 0 Å². The van der Waals surface area contributed by atoms with Gasteiger partial charge in [-0.25, -0.2) is 0 Å². The van der Waals surface area contributed by atoms with Crippen molar-refractivity contribution in [2.24, 2.45) is 0 Å². The molecule has 0 nitrogen and oxygen atoms in total. The zero-order valence-electron chi connectivity index (χ0n) is 16.9. The van der Waals surface area contributed by atoms with E-state index < -0.39 is 0 Å². The molecule has 2 radical (unpaired) electrons. The largest absolute Gasteiger partial charge is 0.0622 e. The van der Waals surface area contributed by atoms with Crippen LogP contribution in [0.15, 0.2) is 121 Å². The maximum atomic E-state index is 2.17. The third-order valence-corrected chi connectivity index (χ3v) is 6.16. The number of rotatable bonds is 4. The van der Waals surface area contributed by atoms with Crippen LogP contribution in [-0.4, -0.2) is 103 Å². The Morgan fingerprint density at radius 2 is 0.483 bits per heavy atom. The van der Waals surface area contributed by atoms with Gasteiger partial charge >= 0.3 is 0 Å². The molecule has 4 aromatic carbocycles. The molecule has 0 bridgehead atoms. The molecule has 0 aliphatic carbocycles. The molecule has 0 fully saturated rings. The predicted molar refractivity (Wildman–Crippen MR) is 132 cm³/mol. The molecule has 0 saturated heterocycles. The smallest absolute Gasteiger partial charge is 0 e. The first-order valence-corrected chi connectivity index (χ1v) is 10.6. The maximum Gasteiger partial charge on any atom is 0 e. The monoisotopic (exact) mass is 506 g/mol. The van der Waals surface area contributed by atoms with E-state index in [2.05, 4.69) is 121 Å². The summed E-state index contributed by atoms with van der Waals surface area (Å²) >= 11 is 0. The van der Waals surface area contributed by atoms with Gasteiger partial charge in [0.15, 0.2) is 0 Å². The van der Waals surface area contributed by atoms with Gasteiger partial charge in [0.2, 0.25) is 0 Å². The summed E-state index contributed by atoms with van der Waals surface area (Å²) in [5, 5.41) is 5.59. The van der Waals surface area contributed by atoms with Crippen molar-refractivity contribution >= 4 is 141 Å². The Balaban J connectivity index is 0.000000490. The van der Waals surface area contributed by atoms with Crippen LogP contribution in [0.2, 0.25) is 0 Å². The minimum absolute atomic E-state index is 0. The molecule has 0 unspecified atom stereocenters. The zero-order chi connectivity index (χ0) is 17.9. The van der Waals surface area contributed by atoms with Gasteiger partial charge in [-0.2, -0.15) is 0 Å². The Morgan fingerprint density at radius 3 is 0.655 bits per heavy atom. The standard InChI is InChI=1S/2C12H11P.Fe.2K/c2*1-3-7-11(8-4-1)13-12-9-5-2-6-10-12;;;/h2*1-10,13H;;;. The summed E-state index contributed by atoms with van der Waals surface area (Å²) in [6, 6.07) is 42.3. The summed E-state index contributed by atoms with van der Waals surface area (Å²) in [6.45, 7) is 0. The van der Waals surface area contributed by atoms with E-state index in [-0.39, 0.29) is 120 Å². The van der Waals surface area contributed by atoms with Crippen LogP contribution in [0.4, 0.5) is 0 Å². The molecular weight excluding hydrogens is 484 g/mol. The van der Waals surface area contributed by atoms with Gasteiger partial charge in [-0.15, -0.1) is 0 Å². The fraction of sp³-hybridized carbons (Fsp3) is 0. The third kappa shape index (κ3) is 13.0. The van der Waals surface area contributed by atoms with E-state index in [1.165, 1.54) is 21.2 Å². The third-order valence-electron chi connectivity index (χ3n) is 3.67. The quantitative estimate of drug-likeness (QED) is 0.291. The molecule has 0 atom stereocenters. The minimum atomic E-state index is 0. The van der Waals surface area contributed by atoms with Crippen LogP contribution in [-0.2, 0) is 17.1 Å². The summed E-state index contributed by atoms with van der Waals surface area (Å²) in [6.07, 6.45) is 0. The van der Waals surface area contributed by atoms with Gasteiger partial charge in [-0.05, 0) is 21.2 Å². The van der Waals surface area contributed by atoms with E-state index in [9.17, 15) is 0 Å². The fourth-order valence-electron chi connectivity index (χ4n) is 2.42. The second-order valence-electron chi connectivity index (χ2n) is 5.71. The first kappa shape index (κ1) is 30.5. The zero-order valence-corrected chi connectivity index (χ0v) is 26.3. The molecule has 5 heteroatoms. The summed E-state index contributed by atoms with van der Waals surface area (Å²) in [4.78, 5) is 0. The van der Waals surface area contributed by atoms with Gasteiger partial charge in [0.25, 0.3) is 0 Å². The Labute approximate surface area is 274 Å². The summed E-state index contributed by atoms with van der Waals surface area (Å²) in [5.74, 6) is 0. The Morgan fingerprint density at radius 1 is 0.310 bits per heavy atom. The summed E-state index contributed by atoms with van der Waals surface area (Å²) in [5.41, 5.74) is 0. The first-order valence-electron chi connectivity index (χ1n) is 8.64. The predicted octanol–water partition coefficient (Wildman–Crippen LogP) is 3.87. The van der Waals surface area contributed by atoms with Gasteiger partial charge < -0.3 is 0 Å². The van der Waals surface area contributed by atoms with E-state index in [0.29, 0.717) is 0 Å². The van der Waals surface area contributed by atoms with Crippen LogP contribution < -0.4 is 21.2 Å². The number of hydrogen-bond acceptors (Lipinski definition) is 0. The normalized spacial score (nSPS) is 8.83. The summed E-state index contributed by atoms with van der Waals surface area (Å²) in [7, 11) is 1.55. The minimum Gasteiger partial charge on any atom is -0.0622 e. The van der Waals surface area contributed by atoms with Crippen molar-refractivity contribution in [3.63, 3.8) is 0 Å². The molecular formula is C24H22FeK2P2. The molecule has 4 rings (SSSR count). The van der Waals surface area contributed by atoms with Crippen LogP contribution in [0.3, 0.4) is 0 Å². The summed E-state index contributed by atoms with van der Waals surface area (Å²) < 4.78 is 0. The van der Waals surface area contributed by atoms with Crippen LogP contribution in [0.25, 0.3) is 0 Å². The Hall–Kier alpha value is 1.53. The Bertz CT molecular complexity index is 725. The van der Waals surface area contributed by atoms with E-state index in [1.807, 2.05) is 0 Å². The van der Waals surface area contributed by atoms with E-state index in [1.54, 1.807) is 0 Å². The molecule has 0 heterocycles. The second kappa shape index (κ2) is 19.0. The molecule has 4 aromatic rings. The molecule has 0 N–H and O–H groups in total. The van der Waals surface area contributed by atoms with Crippen molar-refractivity contribution in [3.8, 4) is 0 Å². The van der Waals surface area contributed by atoms with E-state index >= 15 is 0 Å². The van der Waals surface area contributed by atoms with Crippen molar-refractivity contribution in [2.45, 2.75) is 0 Å². The maximum absolute atomic E-state index is 2.17. The van der Waals surface area contributed by atoms with Crippen molar-refractivity contribution in [1.29, 1.82) is 0 Å². The van der Waals surface area contributed by atoms with Gasteiger partial charge in [0, 0.05) is 120 Å². The van der Waals surface area contributed by atoms with Crippen LogP contribution in [0.1, 0.15) is 0 Å². The van der Waals surface area contributed by atoms with Crippen molar-refractivity contribution in [3.05, 3.63) is 121 Å². The van der Waals surface area contributed by atoms with E-state index in [4.69, 9.17) is 0 Å². The molecule has 0 amide bonds. The fourth-order valence-corrected chi connectivity index (χ4v) is 4.52. The van der Waals surface area contributed by atoms with Gasteiger partial charge in [0.1, 0.15) is 0 Å². The van der Waals surface area contributed by atoms with Crippen LogP contribution in [0, 0.1) is 0 Å². The van der Waals surface area contributed by atoms with Crippen LogP contribution in [0.5, 0.6) is 0 Å². The van der Waals surface area contributed by atoms with Gasteiger partial charge in [0.05, 0.1) is 0 Å². The number of hydrogen-bond donors (Lipinski definition) is 0. The molecule has 0 aliphatic rings. The van der Waals surface area contributed by atoms with Gasteiger partial charge in [-0.1, -0.05) is 138 Å². The van der Waals surface area contributed by atoms with E-state index in [0.717, 1.165) is 17.2 Å². The number of benzene rings is 4. The molecule has 29 heavy (non-hydrogen) atoms. The van der Waals surface area contributed by atoms with Crippen LogP contribution >= 0.6 is 17.2 Å². The van der Waals surface area contributed by atoms with Crippen molar-refractivity contribution in [2.75, 3.05) is 0 Å². The second-order valence-corrected chi connectivity index (χ2v) is 8.52. The molecule has 0 aliphatic heterocycles. The van der Waals surface area contributed by atoms with Gasteiger partial charge in [-0.3, -0.25) is 0 Å². The molecule has 138 valence electrons. The first-order chi connectivity index (χ1) is 12.9. The average molecular weight is 506 g/mol. The molecule has 0 spiro atoms. The average Bonchev–Trinajstić information content (AvgIpc) is 2.72. The van der Waals surface area contributed by atoms with Crippen molar-refractivity contribution < 1.29 is 17.1 Å². The van der Waals surface area contributed by atoms with Crippen molar-refractivity contribution in [1.82, 2.24) is 0 Å².